The Bertz CT molecular complexity index is 432. The van der Waals surface area contributed by atoms with Gasteiger partial charge in [-0.15, -0.1) is 0 Å². The molecule has 1 aromatic heterocycles. The van der Waals surface area contributed by atoms with Gasteiger partial charge in [-0.2, -0.15) is 0 Å². The van der Waals surface area contributed by atoms with Crippen molar-refractivity contribution in [3.05, 3.63) is 50.6 Å². The second-order valence-corrected chi connectivity index (χ2v) is 4.84. The van der Waals surface area contributed by atoms with Gasteiger partial charge in [0.25, 0.3) is 0 Å². The Kier molecular flexibility index (Phi) is 3.58. The Morgan fingerprint density at radius 1 is 1.13 bits per heavy atom. The molecule has 0 aliphatic heterocycles. The molecule has 0 N–H and O–H groups in total. The quantitative estimate of drug-likeness (QED) is 0.732. The van der Waals surface area contributed by atoms with E-state index in [4.69, 9.17) is 4.74 Å². The molecule has 0 bridgehead atoms. The van der Waals surface area contributed by atoms with E-state index >= 15 is 0 Å². The first kappa shape index (κ1) is 10.9. The minimum Gasteiger partial charge on any atom is -0.437 e. The first-order chi connectivity index (χ1) is 7.27. The van der Waals surface area contributed by atoms with Crippen molar-refractivity contribution in [1.82, 2.24) is 4.98 Å². The third-order valence-corrected chi connectivity index (χ3v) is 3.26. The molecule has 0 fully saturated rings. The number of benzene rings is 1. The molecule has 0 aliphatic rings. The summed E-state index contributed by atoms with van der Waals surface area (Å²) in [6.45, 7) is 0. The maximum absolute atomic E-state index is 5.67. The number of hydrogen-bond donors (Lipinski definition) is 0. The number of rotatable bonds is 2. The Balaban J connectivity index is 2.30. The summed E-state index contributed by atoms with van der Waals surface area (Å²) in [5.41, 5.74) is 0. The maximum Gasteiger partial charge on any atom is 0.233 e. The largest absolute Gasteiger partial charge is 0.437 e. The van der Waals surface area contributed by atoms with Crippen LogP contribution in [0, 0.1) is 3.57 Å². The Morgan fingerprint density at radius 2 is 1.93 bits per heavy atom. The number of pyridine rings is 1. The van der Waals surface area contributed by atoms with E-state index in [-0.39, 0.29) is 0 Å². The summed E-state index contributed by atoms with van der Waals surface area (Å²) >= 11 is 5.62. The molecule has 1 heterocycles. The Hall–Kier alpha value is -0.620. The van der Waals surface area contributed by atoms with Crippen LogP contribution < -0.4 is 4.74 Å². The third kappa shape index (κ3) is 2.69. The molecular weight excluding hydrogens is 369 g/mol. The zero-order chi connectivity index (χ0) is 10.7. The minimum atomic E-state index is 0.585. The number of aromatic nitrogens is 1. The number of nitrogens with zero attached hydrogens (tertiary/aromatic N) is 1. The molecule has 0 saturated carbocycles. The molecule has 15 heavy (non-hydrogen) atoms. The minimum absolute atomic E-state index is 0.585. The zero-order valence-electron chi connectivity index (χ0n) is 7.65. The lowest BCUT2D eigenvalue weighted by Crippen LogP contribution is -1.90. The summed E-state index contributed by atoms with van der Waals surface area (Å²) in [7, 11) is 0. The van der Waals surface area contributed by atoms with E-state index in [1.165, 1.54) is 0 Å². The van der Waals surface area contributed by atoms with Crippen LogP contribution in [0.1, 0.15) is 0 Å². The van der Waals surface area contributed by atoms with Crippen molar-refractivity contribution in [3.63, 3.8) is 0 Å². The molecule has 0 unspecified atom stereocenters. The fraction of sp³-hybridized carbons (Fsp3) is 0. The first-order valence-electron chi connectivity index (χ1n) is 4.30. The Labute approximate surface area is 110 Å². The van der Waals surface area contributed by atoms with Gasteiger partial charge in [-0.1, -0.05) is 12.1 Å². The molecule has 0 amide bonds. The number of hydrogen-bond acceptors (Lipinski definition) is 2. The Morgan fingerprint density at radius 3 is 2.67 bits per heavy atom. The summed E-state index contributed by atoms with van der Waals surface area (Å²) in [5.74, 6) is 1.40. The van der Waals surface area contributed by atoms with Crippen molar-refractivity contribution in [2.24, 2.45) is 0 Å². The van der Waals surface area contributed by atoms with Crippen molar-refractivity contribution in [2.75, 3.05) is 0 Å². The highest BCUT2D eigenvalue weighted by molar-refractivity contribution is 14.1. The smallest absolute Gasteiger partial charge is 0.233 e. The van der Waals surface area contributed by atoms with E-state index in [0.717, 1.165) is 13.8 Å². The van der Waals surface area contributed by atoms with Gasteiger partial charge in [0.1, 0.15) is 5.75 Å². The van der Waals surface area contributed by atoms with Crippen LogP contribution in [-0.4, -0.2) is 4.98 Å². The average Bonchev–Trinajstić information content (AvgIpc) is 2.24. The van der Waals surface area contributed by atoms with Gasteiger partial charge in [0.05, 0.1) is 8.04 Å². The van der Waals surface area contributed by atoms with Crippen molar-refractivity contribution >= 4 is 38.5 Å². The lowest BCUT2D eigenvalue weighted by Gasteiger charge is -2.07. The molecule has 4 heteroatoms. The maximum atomic E-state index is 5.67. The predicted octanol–water partition coefficient (Wildman–Crippen LogP) is 4.24. The topological polar surface area (TPSA) is 22.1 Å². The SMILES string of the molecule is Brc1cccnc1Oc1ccccc1I. The van der Waals surface area contributed by atoms with Crippen molar-refractivity contribution in [3.8, 4) is 11.6 Å². The van der Waals surface area contributed by atoms with Gasteiger partial charge in [0.2, 0.25) is 5.88 Å². The van der Waals surface area contributed by atoms with Crippen LogP contribution in [0.15, 0.2) is 47.1 Å². The molecule has 1 aromatic carbocycles. The predicted molar refractivity (Wildman–Crippen MR) is 71.2 cm³/mol. The second-order valence-electron chi connectivity index (χ2n) is 2.82. The van der Waals surface area contributed by atoms with E-state index in [2.05, 4.69) is 43.5 Å². The summed E-state index contributed by atoms with van der Waals surface area (Å²) < 4.78 is 7.59. The van der Waals surface area contributed by atoms with Crippen molar-refractivity contribution in [1.29, 1.82) is 0 Å². The summed E-state index contributed by atoms with van der Waals surface area (Å²) in [4.78, 5) is 4.14. The molecule has 0 atom stereocenters. The fourth-order valence-electron chi connectivity index (χ4n) is 1.08. The second kappa shape index (κ2) is 4.94. The van der Waals surface area contributed by atoms with Gasteiger partial charge in [-0.25, -0.2) is 4.98 Å². The normalized spacial score (nSPS) is 10.0. The van der Waals surface area contributed by atoms with Crippen LogP contribution in [0.4, 0.5) is 0 Å². The molecule has 0 saturated heterocycles. The zero-order valence-corrected chi connectivity index (χ0v) is 11.4. The van der Waals surface area contributed by atoms with Gasteiger partial charge in [0.15, 0.2) is 0 Å². The first-order valence-corrected chi connectivity index (χ1v) is 6.17. The van der Waals surface area contributed by atoms with Gasteiger partial charge < -0.3 is 4.74 Å². The van der Waals surface area contributed by atoms with E-state index in [1.807, 2.05) is 36.4 Å². The van der Waals surface area contributed by atoms with E-state index in [1.54, 1.807) is 6.20 Å². The van der Waals surface area contributed by atoms with Crippen LogP contribution in [-0.2, 0) is 0 Å². The summed E-state index contributed by atoms with van der Waals surface area (Å²) in [6.07, 6.45) is 1.70. The van der Waals surface area contributed by atoms with Crippen molar-refractivity contribution < 1.29 is 4.74 Å². The lowest BCUT2D eigenvalue weighted by molar-refractivity contribution is 0.456. The van der Waals surface area contributed by atoms with Gasteiger partial charge in [-0.05, 0) is 62.8 Å². The molecule has 76 valence electrons. The highest BCUT2D eigenvalue weighted by Crippen LogP contribution is 2.29. The molecule has 2 rings (SSSR count). The number of para-hydroxylation sites is 1. The monoisotopic (exact) mass is 375 g/mol. The van der Waals surface area contributed by atoms with Crippen LogP contribution in [0.5, 0.6) is 11.6 Å². The van der Waals surface area contributed by atoms with Crippen LogP contribution in [0.25, 0.3) is 0 Å². The van der Waals surface area contributed by atoms with E-state index in [9.17, 15) is 0 Å². The van der Waals surface area contributed by atoms with Gasteiger partial charge >= 0.3 is 0 Å². The molecule has 2 aromatic rings. The van der Waals surface area contributed by atoms with Crippen LogP contribution >= 0.6 is 38.5 Å². The number of halogens is 2. The van der Waals surface area contributed by atoms with Crippen LogP contribution in [0.3, 0.4) is 0 Å². The summed E-state index contributed by atoms with van der Waals surface area (Å²) in [6, 6.07) is 11.6. The molecule has 2 nitrogen and oxygen atoms in total. The summed E-state index contributed by atoms with van der Waals surface area (Å²) in [5, 5.41) is 0. The molecular formula is C11H7BrINO. The van der Waals surface area contributed by atoms with E-state index in [0.29, 0.717) is 5.88 Å². The highest BCUT2D eigenvalue weighted by atomic mass is 127. The number of ether oxygens (including phenoxy) is 1. The third-order valence-electron chi connectivity index (χ3n) is 1.77. The van der Waals surface area contributed by atoms with E-state index < -0.39 is 0 Å². The van der Waals surface area contributed by atoms with Gasteiger partial charge in [-0.3, -0.25) is 0 Å². The van der Waals surface area contributed by atoms with Crippen molar-refractivity contribution in [2.45, 2.75) is 0 Å². The van der Waals surface area contributed by atoms with Gasteiger partial charge in [0, 0.05) is 6.20 Å². The standard InChI is InChI=1S/C11H7BrINO/c12-8-4-3-7-14-11(8)15-10-6-2-1-5-9(10)13/h1-7H. The van der Waals surface area contributed by atoms with Crippen LogP contribution in [0.2, 0.25) is 0 Å². The highest BCUT2D eigenvalue weighted by Gasteiger charge is 2.05. The molecule has 0 radical (unpaired) electrons. The average molecular weight is 376 g/mol. The fourth-order valence-corrected chi connectivity index (χ4v) is 1.91. The molecule has 0 aliphatic carbocycles. The molecule has 0 spiro atoms. The lowest BCUT2D eigenvalue weighted by atomic mass is 10.3.